The van der Waals surface area contributed by atoms with Crippen molar-refractivity contribution in [3.63, 3.8) is 0 Å². The lowest BCUT2D eigenvalue weighted by molar-refractivity contribution is 0.0739. The fourth-order valence-corrected chi connectivity index (χ4v) is 1.88. The highest BCUT2D eigenvalue weighted by Gasteiger charge is 2.25. The number of nitrogens with zero attached hydrogens (tertiary/aromatic N) is 2. The van der Waals surface area contributed by atoms with Crippen molar-refractivity contribution in [3.05, 3.63) is 23.5 Å². The number of rotatable bonds is 1. The largest absolute Gasteiger partial charge is 0.346 e. The molecule has 0 aromatic carbocycles. The van der Waals surface area contributed by atoms with Crippen molar-refractivity contribution in [1.82, 2.24) is 9.47 Å². The summed E-state index contributed by atoms with van der Waals surface area (Å²) in [5, 5.41) is 0. The van der Waals surface area contributed by atoms with Crippen molar-refractivity contribution in [1.29, 1.82) is 0 Å². The minimum atomic E-state index is 0.177. The topological polar surface area (TPSA) is 25.2 Å². The Morgan fingerprint density at radius 1 is 1.54 bits per heavy atom. The van der Waals surface area contributed by atoms with E-state index in [0.29, 0.717) is 0 Å². The average Bonchev–Trinajstić information content (AvgIpc) is 2.49. The zero-order valence-corrected chi connectivity index (χ0v) is 8.08. The lowest BCUT2D eigenvalue weighted by atomic mass is 10.1. The van der Waals surface area contributed by atoms with Gasteiger partial charge in [0.1, 0.15) is 5.69 Å². The van der Waals surface area contributed by atoms with Gasteiger partial charge in [-0.05, 0) is 25.0 Å². The Bertz CT molecular complexity index is 341. The summed E-state index contributed by atoms with van der Waals surface area (Å²) in [6, 6.07) is 2.04. The zero-order chi connectivity index (χ0) is 9.42. The van der Waals surface area contributed by atoms with Gasteiger partial charge in [-0.25, -0.2) is 0 Å². The molecule has 0 saturated heterocycles. The normalized spacial score (nSPS) is 16.2. The van der Waals surface area contributed by atoms with Crippen molar-refractivity contribution >= 4 is 5.91 Å². The van der Waals surface area contributed by atoms with Gasteiger partial charge in [-0.1, -0.05) is 0 Å². The summed E-state index contributed by atoms with van der Waals surface area (Å²) < 4.78 is 1.92. The summed E-state index contributed by atoms with van der Waals surface area (Å²) in [5.41, 5.74) is 2.06. The molecule has 13 heavy (non-hydrogen) atoms. The number of aryl methyl sites for hydroxylation is 1. The molecule has 0 atom stereocenters. The first-order valence-corrected chi connectivity index (χ1v) is 4.67. The molecule has 2 rings (SSSR count). The minimum absolute atomic E-state index is 0.177. The molecular weight excluding hydrogens is 164 g/mol. The molecule has 1 aliphatic heterocycles. The van der Waals surface area contributed by atoms with Gasteiger partial charge in [-0.3, -0.25) is 4.79 Å². The third kappa shape index (κ3) is 1.15. The fourth-order valence-electron chi connectivity index (χ4n) is 1.88. The Morgan fingerprint density at radius 2 is 2.31 bits per heavy atom. The number of likely N-dealkylation sites (N-methyl/N-ethyl adjacent to an activating group) is 1. The van der Waals surface area contributed by atoms with E-state index < -0.39 is 0 Å². The highest BCUT2D eigenvalue weighted by Crippen LogP contribution is 2.18. The number of fused-ring (bicyclic) bond motifs is 1. The first kappa shape index (κ1) is 8.35. The van der Waals surface area contributed by atoms with Crippen LogP contribution in [0.25, 0.3) is 0 Å². The Kier molecular flexibility index (Phi) is 1.87. The van der Waals surface area contributed by atoms with Crippen LogP contribution in [0.5, 0.6) is 0 Å². The average molecular weight is 178 g/mol. The summed E-state index contributed by atoms with van der Waals surface area (Å²) in [6.07, 6.45) is 2.96. The molecule has 70 valence electrons. The molecule has 0 bridgehead atoms. The van der Waals surface area contributed by atoms with Gasteiger partial charge in [0, 0.05) is 26.3 Å². The van der Waals surface area contributed by atoms with E-state index in [2.05, 4.69) is 0 Å². The lowest BCUT2D eigenvalue weighted by Gasteiger charge is -2.26. The second-order valence-electron chi connectivity index (χ2n) is 3.44. The maximum atomic E-state index is 11.8. The third-order valence-corrected chi connectivity index (χ3v) is 2.68. The molecule has 0 spiro atoms. The number of amides is 1. The minimum Gasteiger partial charge on any atom is -0.346 e. The van der Waals surface area contributed by atoms with Gasteiger partial charge in [0.25, 0.3) is 5.91 Å². The molecule has 0 aliphatic carbocycles. The molecular formula is C10H14N2O. The van der Waals surface area contributed by atoms with E-state index in [9.17, 15) is 4.79 Å². The Morgan fingerprint density at radius 3 is 3.00 bits per heavy atom. The Labute approximate surface area is 78.0 Å². The van der Waals surface area contributed by atoms with Crippen LogP contribution >= 0.6 is 0 Å². The number of aromatic nitrogens is 1. The first-order chi connectivity index (χ1) is 6.24. The first-order valence-electron chi connectivity index (χ1n) is 4.67. The smallest absolute Gasteiger partial charge is 0.270 e. The molecule has 1 aromatic heterocycles. The van der Waals surface area contributed by atoms with E-state index in [1.54, 1.807) is 0 Å². The van der Waals surface area contributed by atoms with Gasteiger partial charge in [0.2, 0.25) is 0 Å². The van der Waals surface area contributed by atoms with E-state index >= 15 is 0 Å². The monoisotopic (exact) mass is 178 g/mol. The quantitative estimate of drug-likeness (QED) is 0.631. The SMILES string of the molecule is CCN1CCc2ccn(C)c2C1=O. The van der Waals surface area contributed by atoms with Gasteiger partial charge >= 0.3 is 0 Å². The van der Waals surface area contributed by atoms with Gasteiger partial charge in [0.05, 0.1) is 0 Å². The molecule has 2 heterocycles. The van der Waals surface area contributed by atoms with E-state index in [-0.39, 0.29) is 5.91 Å². The molecule has 0 radical (unpaired) electrons. The van der Waals surface area contributed by atoms with Crippen LogP contribution in [0, 0.1) is 0 Å². The fraction of sp³-hybridized carbons (Fsp3) is 0.500. The molecule has 1 aromatic rings. The van der Waals surface area contributed by atoms with Gasteiger partial charge in [-0.2, -0.15) is 0 Å². The molecule has 0 unspecified atom stereocenters. The molecule has 0 saturated carbocycles. The Hall–Kier alpha value is -1.25. The number of hydrogen-bond acceptors (Lipinski definition) is 1. The van der Waals surface area contributed by atoms with Crippen molar-refractivity contribution in [2.75, 3.05) is 13.1 Å². The lowest BCUT2D eigenvalue weighted by Crippen LogP contribution is -2.38. The second kappa shape index (κ2) is 2.91. The molecule has 3 heteroatoms. The van der Waals surface area contributed by atoms with E-state index in [0.717, 1.165) is 25.2 Å². The standard InChI is InChI=1S/C10H14N2O/c1-3-12-7-5-8-4-6-11(2)9(8)10(12)13/h4,6H,3,5,7H2,1-2H3. The van der Waals surface area contributed by atoms with Crippen LogP contribution in [0.3, 0.4) is 0 Å². The van der Waals surface area contributed by atoms with Crippen molar-refractivity contribution < 1.29 is 4.79 Å². The predicted octanol–water partition coefficient (Wildman–Crippen LogP) is 1.04. The predicted molar refractivity (Wildman–Crippen MR) is 50.7 cm³/mol. The third-order valence-electron chi connectivity index (χ3n) is 2.68. The second-order valence-corrected chi connectivity index (χ2v) is 3.44. The van der Waals surface area contributed by atoms with Gasteiger partial charge in [0.15, 0.2) is 0 Å². The number of carbonyl (C=O) groups is 1. The van der Waals surface area contributed by atoms with E-state index in [1.807, 2.05) is 35.7 Å². The van der Waals surface area contributed by atoms with Gasteiger partial charge < -0.3 is 9.47 Å². The van der Waals surface area contributed by atoms with Crippen LogP contribution < -0.4 is 0 Å². The van der Waals surface area contributed by atoms with Crippen molar-refractivity contribution in [2.45, 2.75) is 13.3 Å². The van der Waals surface area contributed by atoms with Crippen LogP contribution in [0.4, 0.5) is 0 Å². The van der Waals surface area contributed by atoms with E-state index in [1.165, 1.54) is 5.56 Å². The van der Waals surface area contributed by atoms with Crippen molar-refractivity contribution in [2.24, 2.45) is 7.05 Å². The highest BCUT2D eigenvalue weighted by molar-refractivity contribution is 5.95. The summed E-state index contributed by atoms with van der Waals surface area (Å²) >= 11 is 0. The van der Waals surface area contributed by atoms with Crippen LogP contribution in [-0.2, 0) is 13.5 Å². The maximum absolute atomic E-state index is 11.8. The summed E-state index contributed by atoms with van der Waals surface area (Å²) in [7, 11) is 1.93. The summed E-state index contributed by atoms with van der Waals surface area (Å²) in [5.74, 6) is 0.177. The Balaban J connectivity index is 2.43. The zero-order valence-electron chi connectivity index (χ0n) is 8.08. The molecule has 1 aliphatic rings. The molecule has 0 N–H and O–H groups in total. The van der Waals surface area contributed by atoms with Gasteiger partial charge in [-0.15, -0.1) is 0 Å². The summed E-state index contributed by atoms with van der Waals surface area (Å²) in [4.78, 5) is 13.7. The van der Waals surface area contributed by atoms with Crippen LogP contribution in [-0.4, -0.2) is 28.5 Å². The molecule has 3 nitrogen and oxygen atoms in total. The molecule has 0 fully saturated rings. The van der Waals surface area contributed by atoms with Crippen molar-refractivity contribution in [3.8, 4) is 0 Å². The van der Waals surface area contributed by atoms with Crippen LogP contribution in [0.15, 0.2) is 12.3 Å². The van der Waals surface area contributed by atoms with Crippen LogP contribution in [0.1, 0.15) is 23.0 Å². The number of hydrogen-bond donors (Lipinski definition) is 0. The number of carbonyl (C=O) groups excluding carboxylic acids is 1. The highest BCUT2D eigenvalue weighted by atomic mass is 16.2. The molecule has 1 amide bonds. The maximum Gasteiger partial charge on any atom is 0.270 e. The van der Waals surface area contributed by atoms with E-state index in [4.69, 9.17) is 0 Å². The summed E-state index contributed by atoms with van der Waals surface area (Å²) in [6.45, 7) is 3.70. The van der Waals surface area contributed by atoms with Crippen LogP contribution in [0.2, 0.25) is 0 Å².